The molecule has 0 saturated carbocycles. The number of nitro benzene ring substituents is 1. The zero-order valence-corrected chi connectivity index (χ0v) is 11.3. The predicted octanol–water partition coefficient (Wildman–Crippen LogP) is 1.24. The molecule has 0 amide bonds. The minimum Gasteiger partial charge on any atom is -0.298 e. The summed E-state index contributed by atoms with van der Waals surface area (Å²) >= 11 is 0. The van der Waals surface area contributed by atoms with Crippen LogP contribution in [0.25, 0.3) is 0 Å². The van der Waals surface area contributed by atoms with Crippen molar-refractivity contribution in [2.75, 3.05) is 0 Å². The van der Waals surface area contributed by atoms with Gasteiger partial charge in [-0.1, -0.05) is 13.0 Å². The van der Waals surface area contributed by atoms with E-state index in [-0.39, 0.29) is 22.8 Å². The Morgan fingerprint density at radius 3 is 2.63 bits per heavy atom. The highest BCUT2D eigenvalue weighted by atomic mass is 32.2. The largest absolute Gasteiger partial charge is 0.298 e. The summed E-state index contributed by atoms with van der Waals surface area (Å²) in [6.45, 7) is 3.06. The summed E-state index contributed by atoms with van der Waals surface area (Å²) in [4.78, 5) is 21.0. The molecule has 104 valence electrons. The van der Waals surface area contributed by atoms with Crippen LogP contribution in [0.3, 0.4) is 0 Å². The van der Waals surface area contributed by atoms with E-state index in [0.717, 1.165) is 6.07 Å². The first-order valence-corrected chi connectivity index (χ1v) is 7.05. The van der Waals surface area contributed by atoms with E-state index >= 15 is 0 Å². The molecule has 0 radical (unpaired) electrons. The first kappa shape index (κ1) is 15.3. The predicted molar refractivity (Wildman–Crippen MR) is 68.2 cm³/mol. The highest BCUT2D eigenvalue weighted by Gasteiger charge is 2.22. The molecule has 0 fully saturated rings. The Kier molecular flexibility index (Phi) is 4.73. The monoisotopic (exact) mass is 286 g/mol. The van der Waals surface area contributed by atoms with Gasteiger partial charge in [0.05, 0.1) is 15.9 Å². The number of sulfonamides is 1. The van der Waals surface area contributed by atoms with Crippen molar-refractivity contribution in [3.63, 3.8) is 0 Å². The first-order valence-electron chi connectivity index (χ1n) is 5.57. The van der Waals surface area contributed by atoms with Gasteiger partial charge < -0.3 is 0 Å². The van der Waals surface area contributed by atoms with E-state index in [0.29, 0.717) is 0 Å². The Morgan fingerprint density at radius 2 is 2.11 bits per heavy atom. The molecule has 0 saturated heterocycles. The average molecular weight is 286 g/mol. The lowest BCUT2D eigenvalue weighted by Crippen LogP contribution is -2.38. The fourth-order valence-electron chi connectivity index (χ4n) is 1.44. The van der Waals surface area contributed by atoms with Crippen LogP contribution in [0.2, 0.25) is 0 Å². The second-order valence-electron chi connectivity index (χ2n) is 3.92. The number of rotatable bonds is 6. The van der Waals surface area contributed by atoms with E-state index in [1.165, 1.54) is 25.1 Å². The summed E-state index contributed by atoms with van der Waals surface area (Å²) in [6.07, 6.45) is 0.207. The highest BCUT2D eigenvalue weighted by molar-refractivity contribution is 7.89. The number of nitrogens with zero attached hydrogens (tertiary/aromatic N) is 1. The number of hydrogen-bond donors (Lipinski definition) is 1. The van der Waals surface area contributed by atoms with Crippen molar-refractivity contribution in [3.8, 4) is 0 Å². The normalized spacial score (nSPS) is 12.9. The molecule has 0 bridgehead atoms. The summed E-state index contributed by atoms with van der Waals surface area (Å²) in [5.41, 5.74) is -0.322. The molecular weight excluding hydrogens is 272 g/mol. The minimum atomic E-state index is -3.95. The number of hydrogen-bond acceptors (Lipinski definition) is 5. The molecule has 0 heterocycles. The fourth-order valence-corrected chi connectivity index (χ4v) is 2.70. The molecule has 0 aliphatic carbocycles. The fraction of sp³-hybridized carbons (Fsp3) is 0.364. The van der Waals surface area contributed by atoms with Crippen LogP contribution < -0.4 is 4.72 Å². The molecule has 1 rings (SSSR count). The van der Waals surface area contributed by atoms with Crippen LogP contribution in [0.5, 0.6) is 0 Å². The van der Waals surface area contributed by atoms with E-state index < -0.39 is 21.0 Å². The lowest BCUT2D eigenvalue weighted by atomic mass is 10.2. The molecule has 8 heteroatoms. The first-order chi connectivity index (χ1) is 8.77. The number of nitro groups is 1. The Morgan fingerprint density at radius 1 is 1.47 bits per heavy atom. The van der Waals surface area contributed by atoms with Crippen molar-refractivity contribution in [2.45, 2.75) is 31.2 Å². The van der Waals surface area contributed by atoms with Crippen LogP contribution >= 0.6 is 0 Å². The molecule has 1 aromatic carbocycles. The summed E-state index contributed by atoms with van der Waals surface area (Å²) in [6, 6.07) is 3.79. The zero-order valence-electron chi connectivity index (χ0n) is 10.5. The van der Waals surface area contributed by atoms with Crippen molar-refractivity contribution in [2.24, 2.45) is 0 Å². The van der Waals surface area contributed by atoms with Gasteiger partial charge in [0.25, 0.3) is 5.69 Å². The van der Waals surface area contributed by atoms with E-state index in [1.54, 1.807) is 6.92 Å². The highest BCUT2D eigenvalue weighted by Crippen LogP contribution is 2.17. The van der Waals surface area contributed by atoms with Crippen molar-refractivity contribution in [3.05, 3.63) is 34.4 Å². The Bertz CT molecular complexity index is 597. The molecule has 1 N–H and O–H groups in total. The van der Waals surface area contributed by atoms with Gasteiger partial charge in [-0.2, -0.15) is 0 Å². The smallest absolute Gasteiger partial charge is 0.270 e. The number of nitrogens with one attached hydrogen (secondary N) is 1. The molecule has 0 aliphatic rings. The standard InChI is InChI=1S/C11H14N2O5S/c1-3-11(14)8(2)12-19(17,18)10-6-4-5-9(7-10)13(15)16/h4-8,12H,3H2,1-2H3. The molecule has 1 atom stereocenters. The van der Waals surface area contributed by atoms with Gasteiger partial charge in [-0.05, 0) is 13.0 Å². The third-order valence-corrected chi connectivity index (χ3v) is 4.04. The van der Waals surface area contributed by atoms with Gasteiger partial charge in [0.1, 0.15) is 5.78 Å². The summed E-state index contributed by atoms with van der Waals surface area (Å²) < 4.78 is 26.1. The van der Waals surface area contributed by atoms with Crippen molar-refractivity contribution in [1.29, 1.82) is 0 Å². The molecule has 0 aliphatic heterocycles. The average Bonchev–Trinajstić information content (AvgIpc) is 2.37. The second kappa shape index (κ2) is 5.89. The van der Waals surface area contributed by atoms with Crippen LogP contribution in [-0.2, 0) is 14.8 Å². The number of non-ortho nitro benzene ring substituents is 1. The van der Waals surface area contributed by atoms with Crippen LogP contribution in [-0.4, -0.2) is 25.2 Å². The van der Waals surface area contributed by atoms with Gasteiger partial charge in [0.2, 0.25) is 10.0 Å². The van der Waals surface area contributed by atoms with E-state index in [9.17, 15) is 23.3 Å². The van der Waals surface area contributed by atoms with Crippen LogP contribution in [0, 0.1) is 10.1 Å². The van der Waals surface area contributed by atoms with Gasteiger partial charge in [-0.15, -0.1) is 0 Å². The Hall–Kier alpha value is -1.80. The number of benzene rings is 1. The summed E-state index contributed by atoms with van der Waals surface area (Å²) in [5, 5.41) is 10.6. The molecule has 19 heavy (non-hydrogen) atoms. The van der Waals surface area contributed by atoms with Gasteiger partial charge >= 0.3 is 0 Å². The topological polar surface area (TPSA) is 106 Å². The number of carbonyl (C=O) groups is 1. The lowest BCUT2D eigenvalue weighted by molar-refractivity contribution is -0.385. The SMILES string of the molecule is CCC(=O)C(C)NS(=O)(=O)c1cccc([N+](=O)[O-])c1. The van der Waals surface area contributed by atoms with Gasteiger partial charge in [-0.3, -0.25) is 14.9 Å². The quantitative estimate of drug-likeness (QED) is 0.625. The maximum Gasteiger partial charge on any atom is 0.270 e. The van der Waals surface area contributed by atoms with Gasteiger partial charge in [0.15, 0.2) is 0 Å². The number of carbonyl (C=O) groups excluding carboxylic acids is 1. The molecule has 1 unspecified atom stereocenters. The van der Waals surface area contributed by atoms with Crippen LogP contribution in [0.4, 0.5) is 5.69 Å². The maximum atomic E-state index is 12.0. The number of Topliss-reactive ketones (excluding diaryl/α,β-unsaturated/α-hetero) is 1. The van der Waals surface area contributed by atoms with Crippen molar-refractivity contribution < 1.29 is 18.1 Å². The lowest BCUT2D eigenvalue weighted by Gasteiger charge is -2.12. The molecule has 1 aromatic rings. The molecular formula is C11H14N2O5S. The van der Waals surface area contributed by atoms with Crippen LogP contribution in [0.1, 0.15) is 20.3 Å². The third-order valence-electron chi connectivity index (χ3n) is 2.50. The van der Waals surface area contributed by atoms with Crippen LogP contribution in [0.15, 0.2) is 29.2 Å². The maximum absolute atomic E-state index is 12.0. The molecule has 0 spiro atoms. The van der Waals surface area contributed by atoms with E-state index in [1.807, 2.05) is 0 Å². The van der Waals surface area contributed by atoms with E-state index in [4.69, 9.17) is 0 Å². The second-order valence-corrected chi connectivity index (χ2v) is 5.63. The Labute approximate surface area is 110 Å². The Balaban J connectivity index is 3.04. The third kappa shape index (κ3) is 3.83. The summed E-state index contributed by atoms with van der Waals surface area (Å²) in [7, 11) is -3.95. The van der Waals surface area contributed by atoms with E-state index in [2.05, 4.69) is 4.72 Å². The van der Waals surface area contributed by atoms with Crippen molar-refractivity contribution in [1.82, 2.24) is 4.72 Å². The van der Waals surface area contributed by atoms with Gasteiger partial charge in [-0.25, -0.2) is 13.1 Å². The van der Waals surface area contributed by atoms with Gasteiger partial charge in [0, 0.05) is 18.6 Å². The zero-order chi connectivity index (χ0) is 14.6. The molecule has 0 aromatic heterocycles. The molecule has 7 nitrogen and oxygen atoms in total. The number of ketones is 1. The van der Waals surface area contributed by atoms with Crippen molar-refractivity contribution >= 4 is 21.5 Å². The summed E-state index contributed by atoms with van der Waals surface area (Å²) in [5.74, 6) is -0.256. The minimum absolute atomic E-state index is 0.207.